The monoisotopic (exact) mass is 281 g/mol. The lowest BCUT2D eigenvalue weighted by atomic mass is 10.1. The number of carbonyl (C=O) groups excluding carboxylic acids is 1. The molecule has 0 saturated heterocycles. The molecule has 0 spiro atoms. The van der Waals surface area contributed by atoms with E-state index in [0.29, 0.717) is 18.7 Å². The molecule has 0 unspecified atom stereocenters. The topological polar surface area (TPSA) is 81.1 Å². The van der Waals surface area contributed by atoms with Gasteiger partial charge in [0.15, 0.2) is 0 Å². The van der Waals surface area contributed by atoms with Crippen LogP contribution in [-0.4, -0.2) is 30.3 Å². The maximum Gasteiger partial charge on any atom is 0.237 e. The summed E-state index contributed by atoms with van der Waals surface area (Å²) in [6, 6.07) is 9.54. The average Bonchev–Trinajstić information content (AvgIpc) is 2.44. The van der Waals surface area contributed by atoms with Crippen LogP contribution in [0, 0.1) is 0 Å². The zero-order chi connectivity index (χ0) is 14.1. The highest BCUT2D eigenvalue weighted by Crippen LogP contribution is 2.05. The van der Waals surface area contributed by atoms with Gasteiger partial charge in [-0.2, -0.15) is 12.6 Å². The number of nitrogens with two attached hydrogens (primary N) is 2. The molecule has 5 heteroatoms. The van der Waals surface area contributed by atoms with E-state index in [9.17, 15) is 4.79 Å². The normalized spacial score (nSPS) is 13.8. The van der Waals surface area contributed by atoms with E-state index < -0.39 is 6.04 Å². The van der Waals surface area contributed by atoms with Gasteiger partial charge in [-0.25, -0.2) is 0 Å². The molecule has 0 saturated carbocycles. The fourth-order valence-electron chi connectivity index (χ4n) is 1.84. The van der Waals surface area contributed by atoms with E-state index in [2.05, 4.69) is 17.9 Å². The van der Waals surface area contributed by atoms with Crippen LogP contribution in [0.4, 0.5) is 0 Å². The first kappa shape index (κ1) is 16.0. The number of hydrogen-bond donors (Lipinski definition) is 4. The van der Waals surface area contributed by atoms with Crippen LogP contribution in [0.5, 0.6) is 0 Å². The second-order valence-corrected chi connectivity index (χ2v) is 4.98. The molecular weight excluding hydrogens is 258 g/mol. The summed E-state index contributed by atoms with van der Waals surface area (Å²) in [6.45, 7) is 0.557. The van der Waals surface area contributed by atoms with Crippen molar-refractivity contribution in [3.63, 3.8) is 0 Å². The van der Waals surface area contributed by atoms with Crippen LogP contribution in [0.3, 0.4) is 0 Å². The zero-order valence-corrected chi connectivity index (χ0v) is 12.0. The van der Waals surface area contributed by atoms with E-state index in [0.717, 1.165) is 12.8 Å². The summed E-state index contributed by atoms with van der Waals surface area (Å²) >= 11 is 4.28. The van der Waals surface area contributed by atoms with Crippen LogP contribution in [0.1, 0.15) is 18.4 Å². The number of carbonyl (C=O) groups is 1. The molecular formula is C14H23N3OS. The maximum atomic E-state index is 11.9. The van der Waals surface area contributed by atoms with Crippen LogP contribution < -0.4 is 16.8 Å². The summed E-state index contributed by atoms with van der Waals surface area (Å²) in [5.74, 6) is 0.466. The Morgan fingerprint density at radius 3 is 2.58 bits per heavy atom. The van der Waals surface area contributed by atoms with Gasteiger partial charge in [-0.3, -0.25) is 4.79 Å². The predicted octanol–water partition coefficient (Wildman–Crippen LogP) is 0.710. The molecule has 1 amide bonds. The first-order valence-electron chi connectivity index (χ1n) is 6.58. The Morgan fingerprint density at radius 2 is 2.00 bits per heavy atom. The molecule has 0 aromatic heterocycles. The number of benzene rings is 1. The largest absolute Gasteiger partial charge is 0.351 e. The smallest absolute Gasteiger partial charge is 0.237 e. The first-order valence-corrected chi connectivity index (χ1v) is 7.21. The minimum Gasteiger partial charge on any atom is -0.351 e. The highest BCUT2D eigenvalue weighted by atomic mass is 32.1. The molecule has 5 N–H and O–H groups in total. The van der Waals surface area contributed by atoms with Gasteiger partial charge in [0.2, 0.25) is 5.91 Å². The average molecular weight is 281 g/mol. The van der Waals surface area contributed by atoms with Gasteiger partial charge in [0, 0.05) is 11.8 Å². The van der Waals surface area contributed by atoms with E-state index in [1.165, 1.54) is 5.56 Å². The van der Waals surface area contributed by atoms with Gasteiger partial charge < -0.3 is 16.8 Å². The van der Waals surface area contributed by atoms with Gasteiger partial charge in [-0.05, 0) is 31.4 Å². The molecule has 0 aliphatic carbocycles. The number of amides is 1. The molecule has 2 atom stereocenters. The van der Waals surface area contributed by atoms with Crippen LogP contribution in [-0.2, 0) is 11.2 Å². The summed E-state index contributed by atoms with van der Waals surface area (Å²) in [5, 5.41) is 2.94. The Balaban J connectivity index is 2.45. The van der Waals surface area contributed by atoms with Crippen molar-refractivity contribution >= 4 is 18.5 Å². The zero-order valence-electron chi connectivity index (χ0n) is 11.1. The van der Waals surface area contributed by atoms with Crippen molar-refractivity contribution in [3.8, 4) is 0 Å². The molecule has 0 fully saturated rings. The Morgan fingerprint density at radius 1 is 1.32 bits per heavy atom. The van der Waals surface area contributed by atoms with E-state index >= 15 is 0 Å². The number of nitrogens with one attached hydrogen (secondary N) is 1. The summed E-state index contributed by atoms with van der Waals surface area (Å²) in [4.78, 5) is 11.9. The number of hydrogen-bond acceptors (Lipinski definition) is 4. The molecule has 0 heterocycles. The third-order valence-electron chi connectivity index (χ3n) is 2.95. The minimum absolute atomic E-state index is 0.00200. The summed E-state index contributed by atoms with van der Waals surface area (Å²) in [7, 11) is 0. The van der Waals surface area contributed by atoms with Crippen molar-refractivity contribution in [1.82, 2.24) is 5.32 Å². The SMILES string of the molecule is NCCC[C@@H](N)C(=O)N[C@@H](CS)Cc1ccccc1. The van der Waals surface area contributed by atoms with Crippen LogP contribution in [0.25, 0.3) is 0 Å². The lowest BCUT2D eigenvalue weighted by Crippen LogP contribution is -2.47. The maximum absolute atomic E-state index is 11.9. The van der Waals surface area contributed by atoms with Crippen LogP contribution in [0.15, 0.2) is 30.3 Å². The van der Waals surface area contributed by atoms with Crippen LogP contribution in [0.2, 0.25) is 0 Å². The van der Waals surface area contributed by atoms with Crippen molar-refractivity contribution < 1.29 is 4.79 Å². The Kier molecular flexibility index (Phi) is 7.55. The molecule has 19 heavy (non-hydrogen) atoms. The van der Waals surface area contributed by atoms with Gasteiger partial charge in [-0.15, -0.1) is 0 Å². The second kappa shape index (κ2) is 8.96. The molecule has 1 aromatic carbocycles. The molecule has 4 nitrogen and oxygen atoms in total. The van der Waals surface area contributed by atoms with E-state index in [-0.39, 0.29) is 11.9 Å². The van der Waals surface area contributed by atoms with Gasteiger partial charge >= 0.3 is 0 Å². The van der Waals surface area contributed by atoms with Gasteiger partial charge in [0.1, 0.15) is 0 Å². The Labute approximate surface area is 120 Å². The molecule has 1 aromatic rings. The molecule has 0 radical (unpaired) electrons. The predicted molar refractivity (Wildman–Crippen MR) is 82.2 cm³/mol. The third-order valence-corrected chi connectivity index (χ3v) is 3.39. The van der Waals surface area contributed by atoms with Gasteiger partial charge in [0.05, 0.1) is 6.04 Å². The van der Waals surface area contributed by atoms with Crippen molar-refractivity contribution in [1.29, 1.82) is 0 Å². The standard InChI is InChI=1S/C14H23N3OS/c15-8-4-7-13(16)14(18)17-12(10-19)9-11-5-2-1-3-6-11/h1-3,5-6,12-13,19H,4,7-10,15-16H2,(H,17,18)/t12-,13-/m1/s1. The summed E-state index contributed by atoms with van der Waals surface area (Å²) in [5.41, 5.74) is 12.4. The van der Waals surface area contributed by atoms with Crippen molar-refractivity contribution in [3.05, 3.63) is 35.9 Å². The molecule has 106 valence electrons. The van der Waals surface area contributed by atoms with Crippen LogP contribution >= 0.6 is 12.6 Å². The quantitative estimate of drug-likeness (QED) is 0.530. The fourth-order valence-corrected chi connectivity index (χ4v) is 2.06. The Hall–Kier alpha value is -1.04. The second-order valence-electron chi connectivity index (χ2n) is 4.62. The molecule has 0 bridgehead atoms. The highest BCUT2D eigenvalue weighted by Gasteiger charge is 2.17. The van der Waals surface area contributed by atoms with Gasteiger partial charge in [0.25, 0.3) is 0 Å². The first-order chi connectivity index (χ1) is 9.17. The lowest BCUT2D eigenvalue weighted by Gasteiger charge is -2.19. The minimum atomic E-state index is -0.485. The van der Waals surface area contributed by atoms with Crippen molar-refractivity contribution in [2.75, 3.05) is 12.3 Å². The molecule has 0 aliphatic rings. The van der Waals surface area contributed by atoms with E-state index in [1.807, 2.05) is 30.3 Å². The number of thiol groups is 1. The van der Waals surface area contributed by atoms with Gasteiger partial charge in [-0.1, -0.05) is 30.3 Å². The Bertz CT molecular complexity index is 372. The summed E-state index contributed by atoms with van der Waals surface area (Å²) in [6.07, 6.45) is 2.14. The van der Waals surface area contributed by atoms with E-state index in [4.69, 9.17) is 11.5 Å². The lowest BCUT2D eigenvalue weighted by molar-refractivity contribution is -0.123. The summed E-state index contributed by atoms with van der Waals surface area (Å²) < 4.78 is 0. The third kappa shape index (κ3) is 6.09. The van der Waals surface area contributed by atoms with Crippen molar-refractivity contribution in [2.45, 2.75) is 31.3 Å². The molecule has 0 aliphatic heterocycles. The highest BCUT2D eigenvalue weighted by molar-refractivity contribution is 7.80. The van der Waals surface area contributed by atoms with Crippen molar-refractivity contribution in [2.24, 2.45) is 11.5 Å². The number of rotatable bonds is 8. The molecule has 1 rings (SSSR count). The fraction of sp³-hybridized carbons (Fsp3) is 0.500. The van der Waals surface area contributed by atoms with E-state index in [1.54, 1.807) is 0 Å².